The molecule has 12 heteroatoms. The summed E-state index contributed by atoms with van der Waals surface area (Å²) >= 11 is 0. The first kappa shape index (κ1) is 18.6. The summed E-state index contributed by atoms with van der Waals surface area (Å²) in [5.41, 5.74) is -2.42. The van der Waals surface area contributed by atoms with Crippen LogP contribution in [-0.4, -0.2) is 12.2 Å². The van der Waals surface area contributed by atoms with Crippen molar-refractivity contribution in [2.45, 2.75) is 11.7 Å². The average Bonchev–Trinajstić information content (AvgIpc) is 2.20. The monoisotopic (exact) mass is 354 g/mol. The van der Waals surface area contributed by atoms with Crippen molar-refractivity contribution >= 4 is 28.2 Å². The van der Waals surface area contributed by atoms with Crippen molar-refractivity contribution in [1.29, 1.82) is 0 Å². The lowest BCUT2D eigenvalue weighted by molar-refractivity contribution is -0.316. The quantitative estimate of drug-likeness (QED) is 0.564. The highest BCUT2D eigenvalue weighted by atomic mass is 31.2. The van der Waals surface area contributed by atoms with Gasteiger partial charge in [-0.05, 0) is 32.0 Å². The molecule has 9 nitrogen and oxygen atoms in total. The van der Waals surface area contributed by atoms with Crippen LogP contribution in [0.4, 0.5) is 5.69 Å². The van der Waals surface area contributed by atoms with Gasteiger partial charge in [0.25, 0.3) is 0 Å². The summed E-state index contributed by atoms with van der Waals surface area (Å²) < 4.78 is 33.0. The Labute approximate surface area is 120 Å². The summed E-state index contributed by atoms with van der Waals surface area (Å²) in [6.07, 6.45) is -0.819. The van der Waals surface area contributed by atoms with Gasteiger partial charge in [-0.3, -0.25) is 0 Å². The van der Waals surface area contributed by atoms with E-state index < -0.39 is 34.2 Å². The van der Waals surface area contributed by atoms with E-state index >= 15 is 0 Å². The molecule has 0 saturated heterocycles. The molecule has 21 heavy (non-hydrogen) atoms. The summed E-state index contributed by atoms with van der Waals surface area (Å²) in [6, 6.07) is 4.90. The average molecular weight is 354 g/mol. The number of benzene rings is 1. The maximum absolute atomic E-state index is 11.3. The molecule has 0 radical (unpaired) electrons. The Bertz CT molecular complexity index is 622. The molecule has 0 aromatic heterocycles. The minimum atomic E-state index is -5.48. The number of anilines is 1. The van der Waals surface area contributed by atoms with E-state index in [0.717, 1.165) is 6.07 Å². The maximum atomic E-state index is 11.3. The third kappa shape index (κ3) is 6.43. The second-order valence-corrected chi connectivity index (χ2v) is 10.3. The highest BCUT2D eigenvalue weighted by molar-refractivity contribution is 7.71. The first-order valence-electron chi connectivity index (χ1n) is 5.45. The van der Waals surface area contributed by atoms with Crippen molar-refractivity contribution in [3.8, 4) is 0 Å². The molecule has 0 amide bonds. The maximum Gasteiger partial charge on any atom is 0.0939 e. The van der Waals surface area contributed by atoms with E-state index in [4.69, 9.17) is 0 Å². The molecule has 0 aliphatic heterocycles. The number of hydrogen-bond donors (Lipinski definition) is 1. The molecule has 0 aliphatic rings. The lowest BCUT2D eigenvalue weighted by Crippen LogP contribution is -2.34. The Morgan fingerprint density at radius 3 is 2.10 bits per heavy atom. The Morgan fingerprint density at radius 1 is 1.10 bits per heavy atom. The van der Waals surface area contributed by atoms with Gasteiger partial charge in [0, 0.05) is 19.2 Å². The predicted octanol–water partition coefficient (Wildman–Crippen LogP) is -2.02. The van der Waals surface area contributed by atoms with Crippen LogP contribution in [0.1, 0.15) is 5.56 Å². The predicted molar refractivity (Wildman–Crippen MR) is 66.3 cm³/mol. The molecule has 0 heterocycles. The molecule has 0 aliphatic carbocycles. The van der Waals surface area contributed by atoms with Gasteiger partial charge in [0.1, 0.15) is 0 Å². The van der Waals surface area contributed by atoms with Gasteiger partial charge in [-0.25, -0.2) is 0 Å². The van der Waals surface area contributed by atoms with E-state index in [1.54, 1.807) is 0 Å². The van der Waals surface area contributed by atoms with Crippen LogP contribution in [0, 0.1) is 0 Å². The van der Waals surface area contributed by atoms with Crippen LogP contribution in [0.15, 0.2) is 24.3 Å². The van der Waals surface area contributed by atoms with Crippen molar-refractivity contribution in [2.75, 3.05) is 12.0 Å². The zero-order chi connectivity index (χ0) is 16.5. The van der Waals surface area contributed by atoms with E-state index in [-0.39, 0.29) is 11.3 Å². The molecule has 120 valence electrons. The van der Waals surface area contributed by atoms with Gasteiger partial charge in [-0.15, -0.1) is 0 Å². The third-order valence-corrected chi connectivity index (χ3v) is 6.95. The Balaban J connectivity index is 3.06. The van der Waals surface area contributed by atoms with E-state index in [9.17, 15) is 38.2 Å². The minimum absolute atomic E-state index is 0.0375. The molecule has 1 aromatic carbocycles. The molecule has 1 rings (SSSR count). The lowest BCUT2D eigenvalue weighted by Gasteiger charge is -2.44. The van der Waals surface area contributed by atoms with Crippen molar-refractivity contribution in [3.05, 3.63) is 29.8 Å². The van der Waals surface area contributed by atoms with Gasteiger partial charge in [0.2, 0.25) is 0 Å². The topological polar surface area (TPSA) is 179 Å². The lowest BCUT2D eigenvalue weighted by atomic mass is 10.2. The third-order valence-electron chi connectivity index (χ3n) is 2.34. The van der Waals surface area contributed by atoms with Crippen molar-refractivity contribution in [3.63, 3.8) is 0 Å². The molecule has 2 unspecified atom stereocenters. The molecular weight excluding hydrogens is 343 g/mol. The van der Waals surface area contributed by atoms with Crippen molar-refractivity contribution in [2.24, 2.45) is 0 Å². The molecule has 0 spiro atoms. The Kier molecular flexibility index (Phi) is 5.59. The first-order chi connectivity index (χ1) is 9.29. The van der Waals surface area contributed by atoms with Crippen LogP contribution >= 0.6 is 22.6 Å². The normalized spacial score (nSPS) is 17.0. The Morgan fingerprint density at radius 2 is 1.67 bits per heavy atom. The minimum Gasteiger partial charge on any atom is -0.810 e. The molecule has 2 atom stereocenters. The molecule has 1 N–H and O–H groups in total. The number of nitrogens with one attached hydrogen (secondary N) is 1. The van der Waals surface area contributed by atoms with Crippen molar-refractivity contribution < 1.29 is 38.2 Å². The summed E-state index contributed by atoms with van der Waals surface area (Å²) in [6.45, 7) is 0.598. The van der Waals surface area contributed by atoms with Gasteiger partial charge in [0.05, 0.1) is 5.52 Å². The zero-order valence-electron chi connectivity index (χ0n) is 10.7. The second kappa shape index (κ2) is 6.32. The van der Waals surface area contributed by atoms with Crippen LogP contribution in [0.2, 0.25) is 0 Å². The van der Waals surface area contributed by atoms with Gasteiger partial charge in [-0.2, -0.15) is 0 Å². The summed E-state index contributed by atoms with van der Waals surface area (Å²) in [5.74, 6) is 0. The second-order valence-electron chi connectivity index (χ2n) is 4.44. The smallest absolute Gasteiger partial charge is 0.0939 e. The fourth-order valence-corrected chi connectivity index (χ4v) is 4.98. The first-order valence-corrected chi connectivity index (χ1v) is 10.9. The fourth-order valence-electron chi connectivity index (χ4n) is 1.59. The van der Waals surface area contributed by atoms with Crippen LogP contribution in [0.25, 0.3) is 0 Å². The van der Waals surface area contributed by atoms with E-state index in [0.29, 0.717) is 6.66 Å². The fraction of sp³-hybridized carbons (Fsp3) is 0.333. The summed E-state index contributed by atoms with van der Waals surface area (Å²) in [4.78, 5) is 54.7. The van der Waals surface area contributed by atoms with Crippen molar-refractivity contribution in [1.82, 2.24) is 0 Å². The molecule has 0 fully saturated rings. The highest BCUT2D eigenvalue weighted by Gasteiger charge is 2.21. The molecule has 0 bridgehead atoms. The van der Waals surface area contributed by atoms with Gasteiger partial charge >= 0.3 is 0 Å². The van der Waals surface area contributed by atoms with Crippen LogP contribution in [0.3, 0.4) is 0 Å². The van der Waals surface area contributed by atoms with E-state index in [2.05, 4.69) is 0 Å². The highest BCUT2D eigenvalue weighted by Crippen LogP contribution is 2.52. The molecular formula is C9H11NO8P3-5. The van der Waals surface area contributed by atoms with Crippen LogP contribution in [0.5, 0.6) is 0 Å². The zero-order valence-corrected chi connectivity index (χ0v) is 13.4. The van der Waals surface area contributed by atoms with E-state index in [1.165, 1.54) is 18.2 Å². The van der Waals surface area contributed by atoms with Gasteiger partial charge in [0.15, 0.2) is 0 Å². The largest absolute Gasteiger partial charge is 0.810 e. The summed E-state index contributed by atoms with van der Waals surface area (Å²) in [7, 11) is -14.9. The number of rotatable bonds is 6. The summed E-state index contributed by atoms with van der Waals surface area (Å²) in [5, 5.41) is 2.03. The Hall–Kier alpha value is -0.490. The molecule has 1 aromatic rings. The van der Waals surface area contributed by atoms with Crippen LogP contribution in [-0.2, 0) is 19.9 Å². The van der Waals surface area contributed by atoms with E-state index in [1.807, 2.05) is 5.32 Å². The molecule has 0 saturated carbocycles. The van der Waals surface area contributed by atoms with Gasteiger partial charge < -0.3 is 43.5 Å². The van der Waals surface area contributed by atoms with Crippen LogP contribution < -0.4 is 29.8 Å². The standard InChI is InChI=1S/C9H16NO8P3/c1-19(11,12)9(21(16,17)18)10-8-4-2-3-7(5-8)6-20(13,14)15/h2-5,9-10H,6H2,1H3,(H,11,12)(H2,13,14,15)(H2,16,17,18)/p-5. The SMILES string of the molecule is CP(=O)([O-])C(Nc1cccc(CP(=O)([O-])[O-])c1)P(=O)([O-])[O-]. The number of hydrogen-bond acceptors (Lipinski definition) is 9. The van der Waals surface area contributed by atoms with Gasteiger partial charge in [-0.1, -0.05) is 19.7 Å².